The van der Waals surface area contributed by atoms with Crippen LogP contribution in [-0.4, -0.2) is 51.5 Å². The molecule has 100 valence electrons. The van der Waals surface area contributed by atoms with Gasteiger partial charge in [0, 0.05) is 24.8 Å². The van der Waals surface area contributed by atoms with Gasteiger partial charge in [-0.05, 0) is 19.2 Å². The molecule has 0 aliphatic carbocycles. The van der Waals surface area contributed by atoms with Crippen molar-refractivity contribution in [3.05, 3.63) is 18.2 Å². The Balaban J connectivity index is 1.93. The maximum absolute atomic E-state index is 5.74. The third-order valence-electron chi connectivity index (χ3n) is 2.95. The van der Waals surface area contributed by atoms with Crippen molar-refractivity contribution in [2.45, 2.75) is 6.10 Å². The third-order valence-corrected chi connectivity index (χ3v) is 2.95. The molecule has 1 fully saturated rings. The molecule has 2 rings (SSSR count). The van der Waals surface area contributed by atoms with Crippen LogP contribution in [0.3, 0.4) is 0 Å². The molecule has 0 aromatic heterocycles. The van der Waals surface area contributed by atoms with Crippen LogP contribution in [0.2, 0.25) is 0 Å². The van der Waals surface area contributed by atoms with Gasteiger partial charge < -0.3 is 24.8 Å². The lowest BCUT2D eigenvalue weighted by atomic mass is 10.2. The normalized spacial score (nSPS) is 20.7. The zero-order valence-corrected chi connectivity index (χ0v) is 10.9. The molecule has 1 atom stereocenters. The van der Waals surface area contributed by atoms with E-state index in [2.05, 4.69) is 11.9 Å². The summed E-state index contributed by atoms with van der Waals surface area (Å²) in [6.07, 6.45) is 0.103. The second kappa shape index (κ2) is 5.93. The van der Waals surface area contributed by atoms with Gasteiger partial charge in [0.25, 0.3) is 0 Å². The molecule has 0 amide bonds. The molecule has 1 saturated heterocycles. The van der Waals surface area contributed by atoms with Gasteiger partial charge in [0.1, 0.15) is 12.7 Å². The Kier molecular flexibility index (Phi) is 4.28. The summed E-state index contributed by atoms with van der Waals surface area (Å²) in [4.78, 5) is 2.23. The number of methoxy groups -OCH3 is 1. The number of morpholine rings is 1. The molecular formula is C13H20N2O3. The fourth-order valence-corrected chi connectivity index (χ4v) is 1.95. The van der Waals surface area contributed by atoms with Crippen molar-refractivity contribution < 1.29 is 14.2 Å². The number of anilines is 1. The minimum atomic E-state index is 0.103. The summed E-state index contributed by atoms with van der Waals surface area (Å²) in [6.45, 7) is 3.13. The molecule has 0 radical (unpaired) electrons. The molecule has 0 spiro atoms. The Bertz CT molecular complexity index is 398. The fourth-order valence-electron chi connectivity index (χ4n) is 1.95. The van der Waals surface area contributed by atoms with E-state index < -0.39 is 0 Å². The topological polar surface area (TPSA) is 57.0 Å². The number of nitrogens with two attached hydrogens (primary N) is 1. The van der Waals surface area contributed by atoms with Gasteiger partial charge in [0.2, 0.25) is 0 Å². The predicted octanol–water partition coefficient (Wildman–Crippen LogP) is 0.987. The SMILES string of the molecule is COc1cc(N)ccc1OCC1CN(C)CCO1. The van der Waals surface area contributed by atoms with Crippen LogP contribution in [-0.2, 0) is 4.74 Å². The molecule has 0 saturated carbocycles. The molecule has 5 heteroatoms. The molecule has 1 aromatic carbocycles. The number of nitrogen functional groups attached to an aromatic ring is 1. The number of likely N-dealkylation sites (N-methyl/N-ethyl adjacent to an activating group) is 1. The van der Waals surface area contributed by atoms with Crippen LogP contribution in [0.15, 0.2) is 18.2 Å². The Morgan fingerprint density at radius 3 is 3.00 bits per heavy atom. The van der Waals surface area contributed by atoms with Crippen molar-refractivity contribution in [3.63, 3.8) is 0 Å². The minimum absolute atomic E-state index is 0.103. The summed E-state index contributed by atoms with van der Waals surface area (Å²) in [5.74, 6) is 1.35. The summed E-state index contributed by atoms with van der Waals surface area (Å²) < 4.78 is 16.6. The second-order valence-corrected chi connectivity index (χ2v) is 4.48. The van der Waals surface area contributed by atoms with E-state index >= 15 is 0 Å². The first kappa shape index (κ1) is 13.0. The monoisotopic (exact) mass is 252 g/mol. The van der Waals surface area contributed by atoms with Gasteiger partial charge in [-0.15, -0.1) is 0 Å². The minimum Gasteiger partial charge on any atom is -0.493 e. The second-order valence-electron chi connectivity index (χ2n) is 4.48. The van der Waals surface area contributed by atoms with Crippen LogP contribution in [0.5, 0.6) is 11.5 Å². The van der Waals surface area contributed by atoms with E-state index in [9.17, 15) is 0 Å². The first-order valence-corrected chi connectivity index (χ1v) is 6.05. The maximum Gasteiger partial charge on any atom is 0.162 e. The highest BCUT2D eigenvalue weighted by Crippen LogP contribution is 2.29. The van der Waals surface area contributed by atoms with E-state index in [0.717, 1.165) is 19.7 Å². The number of hydrogen-bond donors (Lipinski definition) is 1. The number of nitrogens with zero attached hydrogens (tertiary/aromatic N) is 1. The molecule has 1 aliphatic heterocycles. The zero-order valence-electron chi connectivity index (χ0n) is 10.9. The zero-order chi connectivity index (χ0) is 13.0. The Morgan fingerprint density at radius 1 is 1.44 bits per heavy atom. The van der Waals surface area contributed by atoms with Crippen LogP contribution in [0.4, 0.5) is 5.69 Å². The van der Waals surface area contributed by atoms with Crippen molar-refractivity contribution in [3.8, 4) is 11.5 Å². The Labute approximate surface area is 107 Å². The summed E-state index contributed by atoms with van der Waals surface area (Å²) in [5, 5.41) is 0. The number of benzene rings is 1. The van der Waals surface area contributed by atoms with E-state index in [1.54, 1.807) is 19.2 Å². The molecule has 1 aliphatic rings. The average Bonchev–Trinajstić information content (AvgIpc) is 2.37. The van der Waals surface area contributed by atoms with E-state index in [1.807, 2.05) is 6.07 Å². The lowest BCUT2D eigenvalue weighted by Gasteiger charge is -2.29. The highest BCUT2D eigenvalue weighted by molar-refractivity contribution is 5.51. The summed E-state index contributed by atoms with van der Waals surface area (Å²) in [6, 6.07) is 5.37. The summed E-state index contributed by atoms with van der Waals surface area (Å²) in [7, 11) is 3.69. The lowest BCUT2D eigenvalue weighted by Crippen LogP contribution is -2.42. The Morgan fingerprint density at radius 2 is 2.28 bits per heavy atom. The molecule has 1 unspecified atom stereocenters. The van der Waals surface area contributed by atoms with Crippen molar-refractivity contribution in [2.75, 3.05) is 46.2 Å². The van der Waals surface area contributed by atoms with Gasteiger partial charge in [0.15, 0.2) is 11.5 Å². The van der Waals surface area contributed by atoms with Crippen molar-refractivity contribution in [1.82, 2.24) is 4.90 Å². The smallest absolute Gasteiger partial charge is 0.162 e. The molecule has 1 heterocycles. The van der Waals surface area contributed by atoms with Gasteiger partial charge in [-0.3, -0.25) is 0 Å². The summed E-state index contributed by atoms with van der Waals surface area (Å²) >= 11 is 0. The average molecular weight is 252 g/mol. The van der Waals surface area contributed by atoms with Gasteiger partial charge in [-0.25, -0.2) is 0 Å². The Hall–Kier alpha value is -1.46. The fraction of sp³-hybridized carbons (Fsp3) is 0.538. The highest BCUT2D eigenvalue weighted by atomic mass is 16.5. The van der Waals surface area contributed by atoms with Crippen molar-refractivity contribution in [1.29, 1.82) is 0 Å². The maximum atomic E-state index is 5.74. The lowest BCUT2D eigenvalue weighted by molar-refractivity contribution is -0.0406. The highest BCUT2D eigenvalue weighted by Gasteiger charge is 2.18. The van der Waals surface area contributed by atoms with E-state index in [0.29, 0.717) is 23.8 Å². The first-order chi connectivity index (χ1) is 8.69. The number of ether oxygens (including phenoxy) is 3. The van der Waals surface area contributed by atoms with E-state index in [1.165, 1.54) is 0 Å². The molecule has 1 aromatic rings. The van der Waals surface area contributed by atoms with Crippen LogP contribution in [0.25, 0.3) is 0 Å². The van der Waals surface area contributed by atoms with Crippen LogP contribution < -0.4 is 15.2 Å². The van der Waals surface area contributed by atoms with Crippen LogP contribution in [0.1, 0.15) is 0 Å². The largest absolute Gasteiger partial charge is 0.493 e. The third kappa shape index (κ3) is 3.27. The number of hydrogen-bond acceptors (Lipinski definition) is 5. The molecule has 5 nitrogen and oxygen atoms in total. The predicted molar refractivity (Wildman–Crippen MR) is 70.1 cm³/mol. The van der Waals surface area contributed by atoms with E-state index in [4.69, 9.17) is 19.9 Å². The molecular weight excluding hydrogens is 232 g/mol. The van der Waals surface area contributed by atoms with Crippen LogP contribution >= 0.6 is 0 Å². The quantitative estimate of drug-likeness (QED) is 0.810. The van der Waals surface area contributed by atoms with Gasteiger partial charge in [-0.2, -0.15) is 0 Å². The number of rotatable bonds is 4. The van der Waals surface area contributed by atoms with E-state index in [-0.39, 0.29) is 6.10 Å². The molecule has 0 bridgehead atoms. The molecule has 18 heavy (non-hydrogen) atoms. The summed E-state index contributed by atoms with van der Waals surface area (Å²) in [5.41, 5.74) is 6.35. The van der Waals surface area contributed by atoms with Gasteiger partial charge in [-0.1, -0.05) is 0 Å². The molecule has 2 N–H and O–H groups in total. The van der Waals surface area contributed by atoms with Crippen LogP contribution in [0, 0.1) is 0 Å². The van der Waals surface area contributed by atoms with Gasteiger partial charge in [0.05, 0.1) is 13.7 Å². The first-order valence-electron chi connectivity index (χ1n) is 6.05. The van der Waals surface area contributed by atoms with Crippen molar-refractivity contribution >= 4 is 5.69 Å². The standard InChI is InChI=1S/C13H20N2O3/c1-15-5-6-17-11(8-15)9-18-12-4-3-10(14)7-13(12)16-2/h3-4,7,11H,5-6,8-9,14H2,1-2H3. The van der Waals surface area contributed by atoms with Gasteiger partial charge >= 0.3 is 0 Å². The van der Waals surface area contributed by atoms with Crippen molar-refractivity contribution in [2.24, 2.45) is 0 Å².